The van der Waals surface area contributed by atoms with E-state index in [0.717, 1.165) is 17.7 Å². The highest BCUT2D eigenvalue weighted by molar-refractivity contribution is 8.17. The summed E-state index contributed by atoms with van der Waals surface area (Å²) in [6, 6.07) is 9.23. The summed E-state index contributed by atoms with van der Waals surface area (Å²) in [4.78, 5) is 34.9. The summed E-state index contributed by atoms with van der Waals surface area (Å²) in [7, 11) is 0. The molecule has 1 aliphatic carbocycles. The van der Waals surface area contributed by atoms with Gasteiger partial charge in [-0.25, -0.2) is 19.2 Å². The van der Waals surface area contributed by atoms with Crippen LogP contribution >= 0.6 is 11.8 Å². The number of amides is 2. The number of ether oxygens (including phenoxy) is 1. The van der Waals surface area contributed by atoms with Gasteiger partial charge in [-0.1, -0.05) is 17.8 Å². The maximum absolute atomic E-state index is 15.2. The molecule has 2 heterocycles. The first-order chi connectivity index (χ1) is 17.0. The number of pyridine rings is 1. The van der Waals surface area contributed by atoms with Crippen LogP contribution in [0.25, 0.3) is 0 Å². The van der Waals surface area contributed by atoms with Crippen molar-refractivity contribution in [3.63, 3.8) is 0 Å². The number of nitrogens with zero attached hydrogens (tertiary/aromatic N) is 3. The van der Waals surface area contributed by atoms with Crippen LogP contribution in [-0.2, 0) is 10.3 Å². The van der Waals surface area contributed by atoms with Crippen LogP contribution in [0.3, 0.4) is 0 Å². The molecule has 0 radical (unpaired) electrons. The number of nitriles is 1. The lowest BCUT2D eigenvalue weighted by Gasteiger charge is -2.38. The van der Waals surface area contributed by atoms with Crippen molar-refractivity contribution < 1.29 is 18.7 Å². The zero-order chi connectivity index (χ0) is 26.1. The Morgan fingerprint density at radius 2 is 2.03 bits per heavy atom. The maximum Gasteiger partial charge on any atom is 0.413 e. The minimum atomic E-state index is -1.02. The number of carbonyl (C=O) groups excluding carboxylic acids is 2. The normalized spacial score (nSPS) is 20.9. The van der Waals surface area contributed by atoms with Crippen molar-refractivity contribution in [2.75, 3.05) is 5.32 Å². The summed E-state index contributed by atoms with van der Waals surface area (Å²) in [5.41, 5.74) is -0.548. The lowest BCUT2D eigenvalue weighted by Crippen LogP contribution is -2.41. The molecular weight excluding hydrogens is 481 g/mol. The van der Waals surface area contributed by atoms with Gasteiger partial charge in [0, 0.05) is 23.4 Å². The third-order valence-corrected chi connectivity index (χ3v) is 6.95. The number of anilines is 1. The number of amidine groups is 1. The minimum absolute atomic E-state index is 0.0765. The van der Waals surface area contributed by atoms with Gasteiger partial charge in [0.2, 0.25) is 0 Å². The number of hydrogen-bond donors (Lipinski definition) is 2. The molecule has 0 fully saturated rings. The molecular formula is C26H26FN5O3S. The summed E-state index contributed by atoms with van der Waals surface area (Å²) >= 11 is 1.35. The smallest absolute Gasteiger partial charge is 0.413 e. The first-order valence-corrected chi connectivity index (χ1v) is 12.3. The molecule has 1 aromatic heterocycles. The van der Waals surface area contributed by atoms with E-state index in [1.165, 1.54) is 42.2 Å². The van der Waals surface area contributed by atoms with Crippen molar-refractivity contribution in [3.05, 3.63) is 70.1 Å². The van der Waals surface area contributed by atoms with Gasteiger partial charge >= 0.3 is 6.09 Å². The van der Waals surface area contributed by atoms with Crippen LogP contribution in [-0.4, -0.2) is 27.8 Å². The number of alkyl carbamates (subject to hydrolysis) is 1. The lowest BCUT2D eigenvalue weighted by atomic mass is 9.79. The molecule has 2 N–H and O–H groups in total. The van der Waals surface area contributed by atoms with E-state index in [9.17, 15) is 9.59 Å². The third kappa shape index (κ3) is 5.41. The molecule has 1 aromatic carbocycles. The van der Waals surface area contributed by atoms with E-state index < -0.39 is 29.0 Å². The number of allylic oxidation sites excluding steroid dienone is 1. The van der Waals surface area contributed by atoms with E-state index in [0.29, 0.717) is 22.0 Å². The van der Waals surface area contributed by atoms with Crippen molar-refractivity contribution >= 4 is 34.6 Å². The molecule has 2 unspecified atom stereocenters. The van der Waals surface area contributed by atoms with Crippen molar-refractivity contribution in [1.29, 1.82) is 5.26 Å². The molecule has 2 aliphatic rings. The van der Waals surface area contributed by atoms with Crippen LogP contribution in [0.4, 0.5) is 14.9 Å². The van der Waals surface area contributed by atoms with E-state index in [2.05, 4.69) is 21.7 Å². The molecule has 186 valence electrons. The predicted octanol–water partition coefficient (Wildman–Crippen LogP) is 5.48. The second kappa shape index (κ2) is 9.74. The number of rotatable bonds is 3. The van der Waals surface area contributed by atoms with Gasteiger partial charge in [0.25, 0.3) is 5.91 Å². The number of benzene rings is 1. The molecule has 0 saturated carbocycles. The highest BCUT2D eigenvalue weighted by Gasteiger charge is 2.45. The Labute approximate surface area is 213 Å². The summed E-state index contributed by atoms with van der Waals surface area (Å²) in [6.07, 6.45) is 4.37. The Bertz CT molecular complexity index is 1310. The number of nitrogens with one attached hydrogen (secondary N) is 2. The Morgan fingerprint density at radius 1 is 1.25 bits per heavy atom. The molecule has 0 bridgehead atoms. The molecule has 0 saturated heterocycles. The van der Waals surface area contributed by atoms with Crippen molar-refractivity contribution in [2.24, 2.45) is 10.9 Å². The molecule has 36 heavy (non-hydrogen) atoms. The highest BCUT2D eigenvalue weighted by Crippen LogP contribution is 2.52. The zero-order valence-corrected chi connectivity index (χ0v) is 21.2. The molecule has 4 rings (SSSR count). The van der Waals surface area contributed by atoms with Gasteiger partial charge in [0.05, 0.1) is 11.1 Å². The highest BCUT2D eigenvalue weighted by atomic mass is 32.2. The largest absolute Gasteiger partial charge is 0.444 e. The van der Waals surface area contributed by atoms with Gasteiger partial charge in [-0.05, 0) is 75.8 Å². The van der Waals surface area contributed by atoms with Gasteiger partial charge in [0.1, 0.15) is 23.2 Å². The van der Waals surface area contributed by atoms with Gasteiger partial charge in [-0.15, -0.1) is 0 Å². The number of hydrogen-bond acceptors (Lipinski definition) is 7. The average molecular weight is 508 g/mol. The van der Waals surface area contributed by atoms with E-state index >= 15 is 4.39 Å². The van der Waals surface area contributed by atoms with Crippen LogP contribution in [0, 0.1) is 23.1 Å². The summed E-state index contributed by atoms with van der Waals surface area (Å²) in [5, 5.41) is 14.7. The third-order valence-electron chi connectivity index (χ3n) is 5.87. The Morgan fingerprint density at radius 3 is 2.69 bits per heavy atom. The minimum Gasteiger partial charge on any atom is -0.444 e. The fourth-order valence-corrected chi connectivity index (χ4v) is 5.53. The van der Waals surface area contributed by atoms with Gasteiger partial charge in [-0.2, -0.15) is 5.26 Å². The lowest BCUT2D eigenvalue weighted by molar-refractivity contribution is 0.0563. The number of fused-ring (bicyclic) bond motifs is 1. The predicted molar refractivity (Wildman–Crippen MR) is 136 cm³/mol. The topological polar surface area (TPSA) is 116 Å². The monoisotopic (exact) mass is 507 g/mol. The van der Waals surface area contributed by atoms with Gasteiger partial charge < -0.3 is 10.1 Å². The quantitative estimate of drug-likeness (QED) is 0.568. The van der Waals surface area contributed by atoms with Crippen molar-refractivity contribution in [2.45, 2.75) is 51.7 Å². The molecule has 10 heteroatoms. The second-order valence-electron chi connectivity index (χ2n) is 9.72. The molecule has 1 aliphatic heterocycles. The molecule has 8 nitrogen and oxygen atoms in total. The van der Waals surface area contributed by atoms with Crippen LogP contribution in [0.5, 0.6) is 0 Å². The Kier molecular flexibility index (Phi) is 6.87. The van der Waals surface area contributed by atoms with Crippen molar-refractivity contribution in [3.8, 4) is 6.07 Å². The van der Waals surface area contributed by atoms with Crippen LogP contribution < -0.4 is 10.6 Å². The molecule has 2 aromatic rings. The second-order valence-corrected chi connectivity index (χ2v) is 10.8. The first kappa shape index (κ1) is 25.4. The number of halogens is 1. The number of carbonyl (C=O) groups is 2. The zero-order valence-electron chi connectivity index (χ0n) is 20.4. The molecule has 0 spiro atoms. The average Bonchev–Trinajstić information content (AvgIpc) is 3.28. The fourth-order valence-electron chi connectivity index (χ4n) is 4.24. The first-order valence-electron chi connectivity index (χ1n) is 11.4. The Balaban J connectivity index is 1.64. The van der Waals surface area contributed by atoms with E-state index in [1.807, 2.05) is 13.0 Å². The summed E-state index contributed by atoms with van der Waals surface area (Å²) in [5.74, 6) is -1.03. The SMILES string of the molecule is CC(C)(C)OC(=O)NC1=NC(C)(c2cc(NC(=O)c3ccc(C#N)cn3)ccc2F)C2CCC=C2S1. The standard InChI is InChI=1S/C26H26FN5O3S/c1-25(2,3)35-24(34)31-23-32-26(4,17-6-5-7-21(17)36-23)18-12-16(9-10-19(18)27)30-22(33)20-11-8-15(13-28)14-29-20/h7-12,14,17H,5-6H2,1-4H3,(H,30,33)(H,31,32,34). The van der Waals surface area contributed by atoms with E-state index in [4.69, 9.17) is 15.0 Å². The van der Waals surface area contributed by atoms with Gasteiger partial charge in [0.15, 0.2) is 5.17 Å². The summed E-state index contributed by atoms with van der Waals surface area (Å²) < 4.78 is 20.6. The van der Waals surface area contributed by atoms with Crippen LogP contribution in [0.1, 0.15) is 62.2 Å². The Hall–Kier alpha value is -3.71. The number of aromatic nitrogens is 1. The van der Waals surface area contributed by atoms with Crippen molar-refractivity contribution in [1.82, 2.24) is 10.3 Å². The van der Waals surface area contributed by atoms with Crippen LogP contribution in [0.2, 0.25) is 0 Å². The molecule has 2 atom stereocenters. The number of aliphatic imine (C=N–C) groups is 1. The maximum atomic E-state index is 15.2. The molecule has 2 amide bonds. The van der Waals surface area contributed by atoms with Gasteiger partial charge in [-0.3, -0.25) is 10.1 Å². The van der Waals surface area contributed by atoms with Crippen LogP contribution in [0.15, 0.2) is 52.5 Å². The fraction of sp³-hybridized carbons (Fsp3) is 0.346. The summed E-state index contributed by atoms with van der Waals surface area (Å²) in [6.45, 7) is 7.14. The number of thioether (sulfide) groups is 1. The van der Waals surface area contributed by atoms with E-state index in [1.54, 1.807) is 26.8 Å². The van der Waals surface area contributed by atoms with E-state index in [-0.39, 0.29) is 11.6 Å².